The predicted molar refractivity (Wildman–Crippen MR) is 79.5 cm³/mol. The fourth-order valence-corrected chi connectivity index (χ4v) is 2.19. The second-order valence-corrected chi connectivity index (χ2v) is 5.39. The van der Waals surface area contributed by atoms with Crippen LogP contribution in [0.1, 0.15) is 5.56 Å². The molecule has 0 heterocycles. The zero-order chi connectivity index (χ0) is 15.6. The van der Waals surface area contributed by atoms with E-state index in [2.05, 4.69) is 21.2 Å². The number of nitro groups is 1. The van der Waals surface area contributed by atoms with Gasteiger partial charge in [-0.25, -0.2) is 8.78 Å². The van der Waals surface area contributed by atoms with Gasteiger partial charge in [0.2, 0.25) is 0 Å². The molecule has 0 fully saturated rings. The lowest BCUT2D eigenvalue weighted by atomic mass is 10.2. The molecule has 0 aromatic heterocycles. The summed E-state index contributed by atoms with van der Waals surface area (Å²) in [4.78, 5) is 10.2. The highest BCUT2D eigenvalue weighted by atomic mass is 79.9. The number of nitrogens with zero attached hydrogens (tertiary/aromatic N) is 1. The lowest BCUT2D eigenvalue weighted by Gasteiger charge is -2.10. The summed E-state index contributed by atoms with van der Waals surface area (Å²) in [5, 5.41) is 13.7. The van der Waals surface area contributed by atoms with Gasteiger partial charge in [0.15, 0.2) is 0 Å². The average molecular weight is 378 g/mol. The van der Waals surface area contributed by atoms with E-state index in [1.54, 1.807) is 0 Å². The third kappa shape index (κ3) is 3.68. The van der Waals surface area contributed by atoms with Crippen molar-refractivity contribution in [2.75, 3.05) is 5.32 Å². The zero-order valence-corrected chi connectivity index (χ0v) is 12.7. The number of hydrogen-bond acceptors (Lipinski definition) is 3. The maximum Gasteiger partial charge on any atom is 0.269 e. The minimum atomic E-state index is -0.766. The number of rotatable bonds is 4. The Kier molecular flexibility index (Phi) is 4.74. The van der Waals surface area contributed by atoms with Crippen molar-refractivity contribution in [2.24, 2.45) is 0 Å². The Hall–Kier alpha value is -1.73. The van der Waals surface area contributed by atoms with Crippen LogP contribution in [0.25, 0.3) is 0 Å². The van der Waals surface area contributed by atoms with Crippen molar-refractivity contribution < 1.29 is 13.7 Å². The molecule has 4 nitrogen and oxygen atoms in total. The van der Waals surface area contributed by atoms with E-state index < -0.39 is 16.6 Å². The molecule has 0 unspecified atom stereocenters. The molecule has 2 aromatic carbocycles. The van der Waals surface area contributed by atoms with Gasteiger partial charge in [0.05, 0.1) is 15.1 Å². The molecule has 21 heavy (non-hydrogen) atoms. The molecule has 2 aromatic rings. The van der Waals surface area contributed by atoms with Crippen LogP contribution in [0.4, 0.5) is 20.2 Å². The Labute approximate surface area is 132 Å². The third-order valence-electron chi connectivity index (χ3n) is 2.72. The van der Waals surface area contributed by atoms with Crippen LogP contribution in [0.15, 0.2) is 34.8 Å². The van der Waals surface area contributed by atoms with Gasteiger partial charge in [-0.2, -0.15) is 0 Å². The maximum atomic E-state index is 13.6. The van der Waals surface area contributed by atoms with Gasteiger partial charge >= 0.3 is 0 Å². The van der Waals surface area contributed by atoms with Gasteiger partial charge in [-0.1, -0.05) is 11.6 Å². The van der Waals surface area contributed by atoms with Crippen molar-refractivity contribution in [1.29, 1.82) is 0 Å². The number of halogens is 4. The second kappa shape index (κ2) is 6.36. The van der Waals surface area contributed by atoms with E-state index in [4.69, 9.17) is 11.6 Å². The largest absolute Gasteiger partial charge is 0.379 e. The number of nitrogens with one attached hydrogen (secondary N) is 1. The predicted octanol–water partition coefficient (Wildman–Crippen LogP) is 4.90. The summed E-state index contributed by atoms with van der Waals surface area (Å²) in [6, 6.07) is 5.96. The van der Waals surface area contributed by atoms with E-state index in [9.17, 15) is 18.9 Å². The van der Waals surface area contributed by atoms with Crippen LogP contribution < -0.4 is 5.32 Å². The lowest BCUT2D eigenvalue weighted by Crippen LogP contribution is -2.03. The second-order valence-electron chi connectivity index (χ2n) is 4.13. The summed E-state index contributed by atoms with van der Waals surface area (Å²) >= 11 is 8.89. The van der Waals surface area contributed by atoms with Gasteiger partial charge in [0.1, 0.15) is 11.6 Å². The van der Waals surface area contributed by atoms with E-state index >= 15 is 0 Å². The summed E-state index contributed by atoms with van der Waals surface area (Å²) < 4.78 is 26.8. The standard InChI is InChI=1S/C13H8BrClF2N2O2/c14-9-4-13(12(17)5-11(9)16)18-6-7-3-8(19(20)21)1-2-10(7)15/h1-5,18H,6H2. The number of hydrogen-bond donors (Lipinski definition) is 1. The highest BCUT2D eigenvalue weighted by Crippen LogP contribution is 2.26. The molecule has 0 amide bonds. The third-order valence-corrected chi connectivity index (χ3v) is 3.70. The number of nitro benzene ring substituents is 1. The van der Waals surface area contributed by atoms with E-state index in [1.807, 2.05) is 0 Å². The maximum absolute atomic E-state index is 13.6. The molecule has 0 aliphatic rings. The monoisotopic (exact) mass is 376 g/mol. The molecule has 0 spiro atoms. The highest BCUT2D eigenvalue weighted by molar-refractivity contribution is 9.10. The van der Waals surface area contributed by atoms with E-state index in [1.165, 1.54) is 24.3 Å². The molecule has 0 radical (unpaired) electrons. The number of benzene rings is 2. The van der Waals surface area contributed by atoms with Crippen molar-refractivity contribution in [3.8, 4) is 0 Å². The van der Waals surface area contributed by atoms with Crippen molar-refractivity contribution in [1.82, 2.24) is 0 Å². The molecule has 1 N–H and O–H groups in total. The lowest BCUT2D eigenvalue weighted by molar-refractivity contribution is -0.384. The van der Waals surface area contributed by atoms with Crippen LogP contribution in [0.2, 0.25) is 5.02 Å². The quantitative estimate of drug-likeness (QED) is 0.468. The van der Waals surface area contributed by atoms with Crippen molar-refractivity contribution in [2.45, 2.75) is 6.54 Å². The first-order valence-corrected chi connectivity index (χ1v) is 6.87. The highest BCUT2D eigenvalue weighted by Gasteiger charge is 2.12. The Balaban J connectivity index is 2.22. The van der Waals surface area contributed by atoms with Crippen LogP contribution in [-0.2, 0) is 6.54 Å². The van der Waals surface area contributed by atoms with E-state index in [-0.39, 0.29) is 22.4 Å². The van der Waals surface area contributed by atoms with Gasteiger partial charge in [-0.15, -0.1) is 0 Å². The smallest absolute Gasteiger partial charge is 0.269 e. The van der Waals surface area contributed by atoms with Gasteiger partial charge in [0, 0.05) is 29.8 Å². The molecule has 8 heteroatoms. The van der Waals surface area contributed by atoms with Crippen LogP contribution in [0, 0.1) is 21.7 Å². The van der Waals surface area contributed by atoms with Gasteiger partial charge in [-0.3, -0.25) is 10.1 Å². The fourth-order valence-electron chi connectivity index (χ4n) is 1.66. The topological polar surface area (TPSA) is 55.2 Å². The molecular weight excluding hydrogens is 370 g/mol. The molecular formula is C13H8BrClF2N2O2. The Morgan fingerprint density at radius 2 is 1.95 bits per heavy atom. The van der Waals surface area contributed by atoms with Crippen LogP contribution >= 0.6 is 27.5 Å². The molecule has 0 aliphatic carbocycles. The van der Waals surface area contributed by atoms with Crippen LogP contribution in [-0.4, -0.2) is 4.92 Å². The van der Waals surface area contributed by atoms with Crippen molar-refractivity contribution in [3.05, 3.63) is 67.1 Å². The normalized spacial score (nSPS) is 10.5. The van der Waals surface area contributed by atoms with Crippen molar-refractivity contribution in [3.63, 3.8) is 0 Å². The first-order chi connectivity index (χ1) is 9.88. The van der Waals surface area contributed by atoms with Gasteiger partial charge in [-0.05, 0) is 33.6 Å². The minimum Gasteiger partial charge on any atom is -0.379 e. The fraction of sp³-hybridized carbons (Fsp3) is 0.0769. The van der Waals surface area contributed by atoms with Crippen LogP contribution in [0.5, 0.6) is 0 Å². The molecule has 0 atom stereocenters. The van der Waals surface area contributed by atoms with E-state index in [0.29, 0.717) is 10.6 Å². The average Bonchev–Trinajstić information content (AvgIpc) is 2.42. The first-order valence-electron chi connectivity index (χ1n) is 5.69. The van der Waals surface area contributed by atoms with Crippen LogP contribution in [0.3, 0.4) is 0 Å². The Bertz CT molecular complexity index is 713. The Morgan fingerprint density at radius 1 is 1.24 bits per heavy atom. The molecule has 0 bridgehead atoms. The summed E-state index contributed by atoms with van der Waals surface area (Å²) in [6.07, 6.45) is 0. The number of anilines is 1. The summed E-state index contributed by atoms with van der Waals surface area (Å²) in [5.74, 6) is -1.48. The molecule has 2 rings (SSSR count). The molecule has 0 aliphatic heterocycles. The van der Waals surface area contributed by atoms with E-state index in [0.717, 1.165) is 6.07 Å². The molecule has 110 valence electrons. The van der Waals surface area contributed by atoms with Gasteiger partial charge < -0.3 is 5.32 Å². The Morgan fingerprint density at radius 3 is 2.62 bits per heavy atom. The summed E-state index contributed by atoms with van der Waals surface area (Å²) in [5.41, 5.74) is 0.383. The number of non-ortho nitro benzene ring substituents is 1. The van der Waals surface area contributed by atoms with Gasteiger partial charge in [0.25, 0.3) is 5.69 Å². The SMILES string of the molecule is O=[N+]([O-])c1ccc(Cl)c(CNc2cc(Br)c(F)cc2F)c1. The summed E-state index contributed by atoms with van der Waals surface area (Å²) in [7, 11) is 0. The molecule has 0 saturated carbocycles. The molecule has 0 saturated heterocycles. The first kappa shape index (κ1) is 15.7. The van der Waals surface area contributed by atoms with Crippen molar-refractivity contribution >= 4 is 38.9 Å². The zero-order valence-electron chi connectivity index (χ0n) is 10.4. The minimum absolute atomic E-state index is 0.0610. The summed E-state index contributed by atoms with van der Waals surface area (Å²) in [6.45, 7) is 0.0650.